The summed E-state index contributed by atoms with van der Waals surface area (Å²) in [4.78, 5) is 26.2. The fourth-order valence-corrected chi connectivity index (χ4v) is 3.46. The van der Waals surface area contributed by atoms with Gasteiger partial charge in [0.2, 0.25) is 0 Å². The van der Waals surface area contributed by atoms with Gasteiger partial charge in [0.05, 0.1) is 13.2 Å². The number of benzene rings is 3. The fourth-order valence-electron chi connectivity index (χ4n) is 3.46. The first-order valence-electron chi connectivity index (χ1n) is 12.2. The molecule has 3 N–H and O–H groups in total. The van der Waals surface area contributed by atoms with Crippen LogP contribution in [0, 0.1) is 24.2 Å². The lowest BCUT2D eigenvalue weighted by molar-refractivity contribution is 0.0993. The third-order valence-corrected chi connectivity index (χ3v) is 5.66. The molecule has 0 unspecified atom stereocenters. The third kappa shape index (κ3) is 7.97. The van der Waals surface area contributed by atoms with Crippen LogP contribution in [-0.4, -0.2) is 38.0 Å². The molecule has 0 saturated carbocycles. The molecule has 0 aliphatic rings. The molecule has 37 heavy (non-hydrogen) atoms. The second kappa shape index (κ2) is 13.5. The van der Waals surface area contributed by atoms with E-state index in [1.165, 1.54) is 0 Å². The second-order valence-electron chi connectivity index (χ2n) is 8.45. The topological polar surface area (TPSA) is 94.5 Å². The van der Waals surface area contributed by atoms with Gasteiger partial charge in [-0.25, -0.2) is 4.79 Å². The van der Waals surface area contributed by atoms with Crippen molar-refractivity contribution in [3.63, 3.8) is 0 Å². The number of aryl methyl sites for hydroxylation is 1. The van der Waals surface area contributed by atoms with Crippen LogP contribution >= 0.6 is 0 Å². The van der Waals surface area contributed by atoms with Crippen molar-refractivity contribution in [2.75, 3.05) is 30.4 Å². The molecule has 7 nitrogen and oxygen atoms in total. The molecule has 7 heteroatoms. The highest BCUT2D eigenvalue weighted by Crippen LogP contribution is 2.17. The quantitative estimate of drug-likeness (QED) is 0.164. The van der Waals surface area contributed by atoms with E-state index in [9.17, 15) is 9.59 Å². The molecule has 0 aliphatic heterocycles. The summed E-state index contributed by atoms with van der Waals surface area (Å²) in [5.74, 6) is 6.17. The summed E-state index contributed by atoms with van der Waals surface area (Å²) in [5.41, 5.74) is 4.67. The van der Waals surface area contributed by atoms with E-state index < -0.39 is 6.09 Å². The number of nitrogens with one attached hydrogen (secondary N) is 3. The monoisotopic (exact) mass is 496 g/mol. The Hall–Kier alpha value is -4.57. The number of hydrogen-bond acceptors (Lipinski definition) is 5. The number of amidine groups is 1. The van der Waals surface area contributed by atoms with E-state index in [2.05, 4.69) is 22.5 Å². The molecule has 0 heterocycles. The number of nitrogens with zero attached hydrogens (tertiary/aromatic N) is 1. The third-order valence-electron chi connectivity index (χ3n) is 5.66. The molecule has 3 aromatic carbocycles. The minimum Gasteiger partial charge on any atom is -0.449 e. The van der Waals surface area contributed by atoms with Crippen molar-refractivity contribution in [1.82, 2.24) is 5.32 Å². The number of carbonyl (C=O) groups is 2. The van der Waals surface area contributed by atoms with E-state index >= 15 is 0 Å². The number of unbranched alkanes of at least 4 members (excludes halogenated alkanes) is 1. The zero-order valence-corrected chi connectivity index (χ0v) is 21.4. The summed E-state index contributed by atoms with van der Waals surface area (Å²) in [5, 5.41) is 13.7. The molecule has 0 fully saturated rings. The van der Waals surface area contributed by atoms with Crippen LogP contribution in [0.1, 0.15) is 46.8 Å². The average molecular weight is 497 g/mol. The number of amides is 2. The molecular formula is C30H32N4O3. The molecule has 0 saturated heterocycles. The van der Waals surface area contributed by atoms with Crippen LogP contribution in [0.25, 0.3) is 0 Å². The first-order chi connectivity index (χ1) is 17.9. The second-order valence-corrected chi connectivity index (χ2v) is 8.45. The molecule has 0 aliphatic carbocycles. The van der Waals surface area contributed by atoms with E-state index in [0.717, 1.165) is 35.3 Å². The van der Waals surface area contributed by atoms with E-state index in [-0.39, 0.29) is 11.7 Å². The summed E-state index contributed by atoms with van der Waals surface area (Å²) in [7, 11) is 1.76. The summed E-state index contributed by atoms with van der Waals surface area (Å²) < 4.78 is 5.02. The van der Waals surface area contributed by atoms with Gasteiger partial charge in [-0.15, -0.1) is 0 Å². The van der Waals surface area contributed by atoms with Gasteiger partial charge in [0, 0.05) is 35.1 Å². The molecule has 0 spiro atoms. The number of ether oxygens (including phenoxy) is 1. The lowest BCUT2D eigenvalue weighted by atomic mass is 10.0. The maximum absolute atomic E-state index is 12.8. The fraction of sp³-hybridized carbons (Fsp3) is 0.233. The van der Waals surface area contributed by atoms with Crippen LogP contribution < -0.4 is 15.5 Å². The van der Waals surface area contributed by atoms with E-state index in [1.807, 2.05) is 68.4 Å². The number of hydrogen-bond donors (Lipinski definition) is 3. The van der Waals surface area contributed by atoms with Crippen molar-refractivity contribution < 1.29 is 14.3 Å². The van der Waals surface area contributed by atoms with Gasteiger partial charge in [0.1, 0.15) is 5.84 Å². The zero-order chi connectivity index (χ0) is 26.6. The number of alkyl carbamates (subject to hydrolysis) is 1. The largest absolute Gasteiger partial charge is 0.449 e. The first kappa shape index (κ1) is 27.0. The predicted octanol–water partition coefficient (Wildman–Crippen LogP) is 5.59. The van der Waals surface area contributed by atoms with Crippen molar-refractivity contribution in [3.05, 3.63) is 95.1 Å². The van der Waals surface area contributed by atoms with Gasteiger partial charge in [-0.1, -0.05) is 43.4 Å². The highest BCUT2D eigenvalue weighted by molar-refractivity contribution is 6.06. The van der Waals surface area contributed by atoms with Gasteiger partial charge in [0.15, 0.2) is 0 Å². The Kier molecular flexibility index (Phi) is 9.86. The van der Waals surface area contributed by atoms with Gasteiger partial charge in [-0.05, 0) is 73.5 Å². The van der Waals surface area contributed by atoms with Crippen LogP contribution in [0.5, 0.6) is 0 Å². The lowest BCUT2D eigenvalue weighted by Crippen LogP contribution is -2.31. The molecular weight excluding hydrogens is 464 g/mol. The molecule has 0 radical (unpaired) electrons. The standard InChI is InChI=1S/C30H32N4O3/c1-4-5-20-37-30(36)33-28(31)24-15-17-26(18-16-24)32-19-9-10-23-13-14-25(21-22(23)2)29(35)34(3)27-11-7-6-8-12-27/h6-8,11-18,21,32H,4-5,19-20H2,1-3H3,(H2,31,33,36). The van der Waals surface area contributed by atoms with Gasteiger partial charge in [-0.2, -0.15) is 0 Å². The lowest BCUT2D eigenvalue weighted by Gasteiger charge is -2.17. The van der Waals surface area contributed by atoms with Crippen LogP contribution in [0.15, 0.2) is 72.8 Å². The van der Waals surface area contributed by atoms with Crippen LogP contribution in [0.2, 0.25) is 0 Å². The minimum atomic E-state index is -0.619. The smallest absolute Gasteiger partial charge is 0.412 e. The Morgan fingerprint density at radius 3 is 2.38 bits per heavy atom. The first-order valence-corrected chi connectivity index (χ1v) is 12.2. The van der Waals surface area contributed by atoms with Crippen LogP contribution in [0.3, 0.4) is 0 Å². The predicted molar refractivity (Wildman–Crippen MR) is 148 cm³/mol. The van der Waals surface area contributed by atoms with Crippen molar-refractivity contribution in [1.29, 1.82) is 5.41 Å². The number of rotatable bonds is 8. The van der Waals surface area contributed by atoms with Gasteiger partial charge in [0.25, 0.3) is 5.91 Å². The highest BCUT2D eigenvalue weighted by atomic mass is 16.5. The summed E-state index contributed by atoms with van der Waals surface area (Å²) in [6.45, 7) is 4.72. The van der Waals surface area contributed by atoms with Crippen LogP contribution in [0.4, 0.5) is 16.2 Å². The SMILES string of the molecule is CCCCOC(=O)NC(=N)c1ccc(NCC#Cc2ccc(C(=O)N(C)c3ccccc3)cc2C)cc1. The number of para-hydroxylation sites is 1. The van der Waals surface area contributed by atoms with Crippen molar-refractivity contribution in [2.45, 2.75) is 26.7 Å². The number of anilines is 2. The average Bonchev–Trinajstić information content (AvgIpc) is 2.92. The van der Waals surface area contributed by atoms with Crippen molar-refractivity contribution in [2.24, 2.45) is 0 Å². The molecule has 3 rings (SSSR count). The maximum atomic E-state index is 12.8. The highest BCUT2D eigenvalue weighted by Gasteiger charge is 2.14. The molecule has 0 aromatic heterocycles. The van der Waals surface area contributed by atoms with E-state index in [4.69, 9.17) is 10.1 Å². The Bertz CT molecular complexity index is 1290. The molecule has 3 aromatic rings. The Balaban J connectivity index is 1.52. The Morgan fingerprint density at radius 2 is 1.70 bits per heavy atom. The number of carbonyl (C=O) groups excluding carboxylic acids is 2. The summed E-state index contributed by atoms with van der Waals surface area (Å²) in [6, 6.07) is 22.2. The summed E-state index contributed by atoms with van der Waals surface area (Å²) in [6.07, 6.45) is 1.11. The molecule has 2 amide bonds. The van der Waals surface area contributed by atoms with Crippen LogP contribution in [-0.2, 0) is 4.74 Å². The van der Waals surface area contributed by atoms with E-state index in [1.54, 1.807) is 30.1 Å². The zero-order valence-electron chi connectivity index (χ0n) is 21.4. The van der Waals surface area contributed by atoms with Gasteiger partial charge in [-0.3, -0.25) is 15.5 Å². The maximum Gasteiger partial charge on any atom is 0.412 e. The Labute approximate surface area is 218 Å². The van der Waals surface area contributed by atoms with Gasteiger partial charge >= 0.3 is 6.09 Å². The Morgan fingerprint density at radius 1 is 1.00 bits per heavy atom. The van der Waals surface area contributed by atoms with Crippen molar-refractivity contribution in [3.8, 4) is 11.8 Å². The van der Waals surface area contributed by atoms with Crippen molar-refractivity contribution >= 4 is 29.2 Å². The van der Waals surface area contributed by atoms with E-state index in [0.29, 0.717) is 24.3 Å². The molecule has 190 valence electrons. The molecule has 0 bridgehead atoms. The van der Waals surface area contributed by atoms with Gasteiger partial charge < -0.3 is 15.0 Å². The minimum absolute atomic E-state index is 0.0137. The normalized spacial score (nSPS) is 10.0. The summed E-state index contributed by atoms with van der Waals surface area (Å²) >= 11 is 0. The molecule has 0 atom stereocenters.